The Morgan fingerprint density at radius 3 is 2.93 bits per heavy atom. The van der Waals surface area contributed by atoms with Gasteiger partial charge in [-0.05, 0) is 19.4 Å². The van der Waals surface area contributed by atoms with Crippen molar-refractivity contribution in [1.29, 1.82) is 0 Å². The van der Waals surface area contributed by atoms with Crippen LogP contribution in [-0.4, -0.2) is 16.6 Å². The van der Waals surface area contributed by atoms with Gasteiger partial charge >= 0.3 is 0 Å². The van der Waals surface area contributed by atoms with Gasteiger partial charge in [0.25, 0.3) is 0 Å². The molecule has 4 heteroatoms. The number of H-pyrrole nitrogens is 1. The van der Waals surface area contributed by atoms with Crippen LogP contribution in [0.5, 0.6) is 0 Å². The van der Waals surface area contributed by atoms with Gasteiger partial charge in [0.15, 0.2) is 0 Å². The summed E-state index contributed by atoms with van der Waals surface area (Å²) in [6, 6.07) is 1.77. The van der Waals surface area contributed by atoms with Crippen molar-refractivity contribution in [3.05, 3.63) is 22.7 Å². The fourth-order valence-corrected chi connectivity index (χ4v) is 1.48. The van der Waals surface area contributed by atoms with Crippen LogP contribution in [0, 0.1) is 4.64 Å². The summed E-state index contributed by atoms with van der Waals surface area (Å²) >= 11 is 5.04. The average Bonchev–Trinajstić information content (AvgIpc) is 2.17. The molecular formula is C10H16N2OS. The van der Waals surface area contributed by atoms with Gasteiger partial charge in [-0.15, -0.1) is 0 Å². The molecule has 1 atom stereocenters. The molecule has 0 aromatic carbocycles. The van der Waals surface area contributed by atoms with Crippen LogP contribution < -0.4 is 0 Å². The van der Waals surface area contributed by atoms with Crippen molar-refractivity contribution in [2.45, 2.75) is 32.8 Å². The van der Waals surface area contributed by atoms with Crippen molar-refractivity contribution < 1.29 is 4.74 Å². The van der Waals surface area contributed by atoms with Crippen molar-refractivity contribution in [2.75, 3.05) is 6.61 Å². The normalized spacial score (nSPS) is 12.7. The zero-order valence-corrected chi connectivity index (χ0v) is 9.43. The summed E-state index contributed by atoms with van der Waals surface area (Å²) in [7, 11) is 0. The molecule has 0 amide bonds. The summed E-state index contributed by atoms with van der Waals surface area (Å²) in [5, 5.41) is 0. The third kappa shape index (κ3) is 3.20. The maximum Gasteiger partial charge on any atom is 0.136 e. The quantitative estimate of drug-likeness (QED) is 0.762. The smallest absolute Gasteiger partial charge is 0.136 e. The van der Waals surface area contributed by atoms with Crippen LogP contribution >= 0.6 is 12.2 Å². The fourth-order valence-electron chi connectivity index (χ4n) is 1.31. The molecule has 0 aliphatic rings. The molecule has 1 aromatic rings. The lowest BCUT2D eigenvalue weighted by atomic mass is 10.2. The van der Waals surface area contributed by atoms with Crippen LogP contribution in [0.3, 0.4) is 0 Å². The van der Waals surface area contributed by atoms with Crippen molar-refractivity contribution >= 4 is 12.2 Å². The Morgan fingerprint density at radius 2 is 2.36 bits per heavy atom. The van der Waals surface area contributed by atoms with E-state index in [2.05, 4.69) is 16.9 Å². The maximum absolute atomic E-state index is 5.58. The predicted octanol–water partition coefficient (Wildman–Crippen LogP) is 3.02. The van der Waals surface area contributed by atoms with Gasteiger partial charge in [-0.1, -0.05) is 25.6 Å². The van der Waals surface area contributed by atoms with Crippen molar-refractivity contribution in [3.63, 3.8) is 0 Å². The van der Waals surface area contributed by atoms with E-state index < -0.39 is 0 Å². The number of hydrogen-bond donors (Lipinski definition) is 1. The highest BCUT2D eigenvalue weighted by Crippen LogP contribution is 2.18. The predicted molar refractivity (Wildman–Crippen MR) is 58.7 cm³/mol. The van der Waals surface area contributed by atoms with Crippen LogP contribution in [0.2, 0.25) is 0 Å². The summed E-state index contributed by atoms with van der Waals surface area (Å²) in [4.78, 5) is 7.29. The molecular weight excluding hydrogens is 196 g/mol. The van der Waals surface area contributed by atoms with Crippen LogP contribution in [0.15, 0.2) is 12.3 Å². The van der Waals surface area contributed by atoms with Crippen molar-refractivity contribution in [1.82, 2.24) is 9.97 Å². The minimum absolute atomic E-state index is 0.0490. The fraction of sp³-hybridized carbons (Fsp3) is 0.600. The molecule has 14 heavy (non-hydrogen) atoms. The van der Waals surface area contributed by atoms with E-state index >= 15 is 0 Å². The molecule has 0 aliphatic carbocycles. The second-order valence-corrected chi connectivity index (χ2v) is 3.49. The maximum atomic E-state index is 5.58. The van der Waals surface area contributed by atoms with E-state index in [9.17, 15) is 0 Å². The van der Waals surface area contributed by atoms with Gasteiger partial charge in [0.05, 0.1) is 0 Å². The van der Waals surface area contributed by atoms with Crippen LogP contribution in [0.25, 0.3) is 0 Å². The number of nitrogens with one attached hydrogen (secondary N) is 1. The number of ether oxygens (including phenoxy) is 1. The molecule has 1 N–H and O–H groups in total. The van der Waals surface area contributed by atoms with Gasteiger partial charge in [0, 0.05) is 12.8 Å². The molecule has 0 saturated carbocycles. The first-order valence-corrected chi connectivity index (χ1v) is 5.35. The molecule has 0 spiro atoms. The summed E-state index contributed by atoms with van der Waals surface area (Å²) in [5.74, 6) is 0.834. The highest BCUT2D eigenvalue weighted by Gasteiger charge is 2.11. The highest BCUT2D eigenvalue weighted by atomic mass is 32.1. The molecule has 1 heterocycles. The standard InChI is InChI=1S/C10H16N2OS/c1-3-5-8(13-4-2)10-11-7-6-9(14)12-10/h6-8H,3-5H2,1-2H3,(H,11,12,14). The lowest BCUT2D eigenvalue weighted by Crippen LogP contribution is -2.08. The van der Waals surface area contributed by atoms with Crippen molar-refractivity contribution in [3.8, 4) is 0 Å². The zero-order valence-electron chi connectivity index (χ0n) is 8.62. The number of aromatic nitrogens is 2. The van der Waals surface area contributed by atoms with Gasteiger partial charge < -0.3 is 9.72 Å². The number of nitrogens with zero attached hydrogens (tertiary/aromatic N) is 1. The molecule has 0 saturated heterocycles. The largest absolute Gasteiger partial charge is 0.371 e. The molecule has 0 radical (unpaired) electrons. The molecule has 0 aliphatic heterocycles. The number of rotatable bonds is 5. The van der Waals surface area contributed by atoms with Gasteiger partial charge in [-0.3, -0.25) is 0 Å². The monoisotopic (exact) mass is 212 g/mol. The topological polar surface area (TPSA) is 37.9 Å². The molecule has 0 bridgehead atoms. The first kappa shape index (κ1) is 11.3. The summed E-state index contributed by atoms with van der Waals surface area (Å²) in [5.41, 5.74) is 0. The molecule has 1 unspecified atom stereocenters. The molecule has 1 rings (SSSR count). The molecule has 3 nitrogen and oxygen atoms in total. The molecule has 78 valence electrons. The van der Waals surface area contributed by atoms with E-state index in [-0.39, 0.29) is 6.10 Å². The van der Waals surface area contributed by atoms with Crippen LogP contribution in [0.1, 0.15) is 38.6 Å². The van der Waals surface area contributed by atoms with E-state index in [1.807, 2.05) is 6.92 Å². The molecule has 1 aromatic heterocycles. The zero-order chi connectivity index (χ0) is 10.4. The van der Waals surface area contributed by atoms with Crippen LogP contribution in [0.4, 0.5) is 0 Å². The Bertz CT molecular complexity index is 318. The first-order valence-electron chi connectivity index (χ1n) is 4.94. The third-order valence-electron chi connectivity index (χ3n) is 1.91. The number of hydrogen-bond acceptors (Lipinski definition) is 3. The third-order valence-corrected chi connectivity index (χ3v) is 2.15. The Hall–Kier alpha value is -0.740. The van der Waals surface area contributed by atoms with Gasteiger partial charge in [0.1, 0.15) is 16.6 Å². The lowest BCUT2D eigenvalue weighted by molar-refractivity contribution is 0.0493. The Kier molecular flexibility index (Phi) is 4.76. The van der Waals surface area contributed by atoms with E-state index in [0.29, 0.717) is 11.2 Å². The van der Waals surface area contributed by atoms with Gasteiger partial charge in [-0.25, -0.2) is 4.98 Å². The minimum atomic E-state index is 0.0490. The van der Waals surface area contributed by atoms with Gasteiger partial charge in [-0.2, -0.15) is 0 Å². The highest BCUT2D eigenvalue weighted by molar-refractivity contribution is 7.71. The second kappa shape index (κ2) is 5.88. The molecule has 0 fully saturated rings. The Labute approximate surface area is 89.5 Å². The summed E-state index contributed by atoms with van der Waals surface area (Å²) < 4.78 is 6.29. The van der Waals surface area contributed by atoms with Crippen LogP contribution in [-0.2, 0) is 4.74 Å². The number of aromatic amines is 1. The van der Waals surface area contributed by atoms with E-state index in [0.717, 1.165) is 18.7 Å². The van der Waals surface area contributed by atoms with Crippen molar-refractivity contribution in [2.24, 2.45) is 0 Å². The average molecular weight is 212 g/mol. The summed E-state index contributed by atoms with van der Waals surface area (Å²) in [6.07, 6.45) is 3.81. The second-order valence-electron chi connectivity index (χ2n) is 3.05. The van der Waals surface area contributed by atoms with Gasteiger partial charge in [0.2, 0.25) is 0 Å². The lowest BCUT2D eigenvalue weighted by Gasteiger charge is -2.14. The Morgan fingerprint density at radius 1 is 1.57 bits per heavy atom. The van der Waals surface area contributed by atoms with E-state index in [4.69, 9.17) is 17.0 Å². The minimum Gasteiger partial charge on any atom is -0.371 e. The Balaban J connectivity index is 2.81. The van der Waals surface area contributed by atoms with E-state index in [1.165, 1.54) is 0 Å². The first-order chi connectivity index (χ1) is 6.77. The van der Waals surface area contributed by atoms with E-state index in [1.54, 1.807) is 12.3 Å². The summed E-state index contributed by atoms with van der Waals surface area (Å²) in [6.45, 7) is 4.81. The SMILES string of the molecule is CCCC(OCC)c1nccc(=S)[nH]1.